The van der Waals surface area contributed by atoms with Crippen molar-refractivity contribution in [1.29, 1.82) is 0 Å². The first-order valence-corrected chi connectivity index (χ1v) is 3.07. The van der Waals surface area contributed by atoms with Crippen molar-refractivity contribution in [1.82, 2.24) is 4.90 Å². The van der Waals surface area contributed by atoms with Crippen molar-refractivity contribution in [2.24, 2.45) is 4.99 Å². The van der Waals surface area contributed by atoms with E-state index in [0.29, 0.717) is 0 Å². The molecule has 1 heterocycles. The number of hydrogen-bond acceptors (Lipinski definition) is 3. The Morgan fingerprint density at radius 2 is 2.36 bits per heavy atom. The normalized spacial score (nSPS) is 14.8. The highest BCUT2D eigenvalue weighted by Gasteiger charge is 2.05. The molecule has 0 aliphatic carbocycles. The number of methoxy groups -OCH3 is 1. The van der Waals surface area contributed by atoms with Gasteiger partial charge in [-0.3, -0.25) is 9.89 Å². The molecular weight excluding hydrogens is 144 g/mol. The van der Waals surface area contributed by atoms with E-state index in [9.17, 15) is 4.79 Å². The van der Waals surface area contributed by atoms with Crippen molar-refractivity contribution < 1.29 is 9.53 Å². The fourth-order valence-corrected chi connectivity index (χ4v) is 0.618. The lowest BCUT2D eigenvalue weighted by atomic mass is 10.6. The van der Waals surface area contributed by atoms with Crippen LogP contribution in [0.4, 0.5) is 4.79 Å². The molecule has 1 rings (SSSR count). The van der Waals surface area contributed by atoms with Gasteiger partial charge in [0.1, 0.15) is 0 Å². The molecule has 0 fully saturated rings. The standard InChI is InChI=1S/C7H8N2O2/c1-11-7(10)9-5-2-3-8-4-6-9/h2-6H,1H3. The molecule has 0 aromatic rings. The largest absolute Gasteiger partial charge is 0.452 e. The molecule has 0 saturated carbocycles. The van der Waals surface area contributed by atoms with Crippen molar-refractivity contribution in [3.63, 3.8) is 0 Å². The average Bonchev–Trinajstić information content (AvgIpc) is 2.30. The summed E-state index contributed by atoms with van der Waals surface area (Å²) in [6, 6.07) is 0. The Morgan fingerprint density at radius 3 is 3.09 bits per heavy atom. The summed E-state index contributed by atoms with van der Waals surface area (Å²) >= 11 is 0. The van der Waals surface area contributed by atoms with Crippen LogP contribution in [0, 0.1) is 0 Å². The maximum Gasteiger partial charge on any atom is 0.417 e. The lowest BCUT2D eigenvalue weighted by Gasteiger charge is -2.08. The second-order valence-corrected chi connectivity index (χ2v) is 1.82. The van der Waals surface area contributed by atoms with Gasteiger partial charge in [0, 0.05) is 24.8 Å². The number of nitrogens with zero attached hydrogens (tertiary/aromatic N) is 2. The molecule has 4 heteroatoms. The highest BCUT2D eigenvalue weighted by atomic mass is 16.5. The van der Waals surface area contributed by atoms with Crippen molar-refractivity contribution in [3.8, 4) is 0 Å². The monoisotopic (exact) mass is 152 g/mol. The minimum atomic E-state index is -0.428. The van der Waals surface area contributed by atoms with Gasteiger partial charge in [-0.2, -0.15) is 0 Å². The van der Waals surface area contributed by atoms with Crippen molar-refractivity contribution in [2.45, 2.75) is 0 Å². The molecule has 0 unspecified atom stereocenters. The quantitative estimate of drug-likeness (QED) is 0.522. The van der Waals surface area contributed by atoms with Crippen LogP contribution in [0.3, 0.4) is 0 Å². The molecule has 4 nitrogen and oxygen atoms in total. The van der Waals surface area contributed by atoms with E-state index < -0.39 is 6.09 Å². The first-order valence-electron chi connectivity index (χ1n) is 3.07. The third-order valence-electron chi connectivity index (χ3n) is 1.12. The molecule has 11 heavy (non-hydrogen) atoms. The Kier molecular flexibility index (Phi) is 2.43. The number of ether oxygens (including phenoxy) is 1. The van der Waals surface area contributed by atoms with E-state index in [0.717, 1.165) is 0 Å². The van der Waals surface area contributed by atoms with Crippen LogP contribution in [0.15, 0.2) is 29.7 Å². The van der Waals surface area contributed by atoms with Gasteiger partial charge in [-0.15, -0.1) is 0 Å². The zero-order valence-electron chi connectivity index (χ0n) is 6.10. The lowest BCUT2D eigenvalue weighted by Crippen LogP contribution is -2.18. The van der Waals surface area contributed by atoms with Crippen LogP contribution < -0.4 is 0 Å². The van der Waals surface area contributed by atoms with Gasteiger partial charge >= 0.3 is 6.09 Å². The summed E-state index contributed by atoms with van der Waals surface area (Å²) in [6.45, 7) is 0. The number of aliphatic imine (C=N–C) groups is 1. The van der Waals surface area contributed by atoms with Crippen LogP contribution in [0.2, 0.25) is 0 Å². The highest BCUT2D eigenvalue weighted by Crippen LogP contribution is 1.98. The Hall–Kier alpha value is -1.58. The van der Waals surface area contributed by atoms with Crippen LogP contribution >= 0.6 is 0 Å². The Morgan fingerprint density at radius 1 is 1.55 bits per heavy atom. The second kappa shape index (κ2) is 3.55. The predicted octanol–water partition coefficient (Wildman–Crippen LogP) is 1.12. The second-order valence-electron chi connectivity index (χ2n) is 1.82. The van der Waals surface area contributed by atoms with Gasteiger partial charge in [-0.05, 0) is 6.08 Å². The molecule has 1 aliphatic rings. The Balaban J connectivity index is 2.67. The molecule has 0 aromatic carbocycles. The van der Waals surface area contributed by atoms with Gasteiger partial charge in [0.25, 0.3) is 0 Å². The topological polar surface area (TPSA) is 41.9 Å². The summed E-state index contributed by atoms with van der Waals surface area (Å²) in [7, 11) is 1.33. The minimum Gasteiger partial charge on any atom is -0.452 e. The van der Waals surface area contributed by atoms with Crippen molar-refractivity contribution in [3.05, 3.63) is 24.7 Å². The van der Waals surface area contributed by atoms with Gasteiger partial charge in [0.05, 0.1) is 7.11 Å². The zero-order valence-corrected chi connectivity index (χ0v) is 6.10. The van der Waals surface area contributed by atoms with Crippen molar-refractivity contribution in [2.75, 3.05) is 7.11 Å². The third-order valence-corrected chi connectivity index (χ3v) is 1.12. The summed E-state index contributed by atoms with van der Waals surface area (Å²) in [5.41, 5.74) is 0. The number of carbonyl (C=O) groups excluding carboxylic acids is 1. The fraction of sp³-hybridized carbons (Fsp3) is 0.143. The Bertz CT molecular complexity index is 215. The SMILES string of the molecule is COC(=O)N1C=CC=NC=C1. The molecular formula is C7H8N2O2. The first-order chi connectivity index (χ1) is 5.34. The molecule has 0 bridgehead atoms. The van der Waals surface area contributed by atoms with Crippen molar-refractivity contribution >= 4 is 12.3 Å². The molecule has 0 spiro atoms. The molecule has 0 aromatic heterocycles. The number of amides is 1. The first kappa shape index (κ1) is 7.53. The summed E-state index contributed by atoms with van der Waals surface area (Å²) in [6.07, 6.45) is 7.40. The van der Waals surface area contributed by atoms with E-state index in [2.05, 4.69) is 9.73 Å². The van der Waals surface area contributed by atoms with Crippen LogP contribution in [0.25, 0.3) is 0 Å². The lowest BCUT2D eigenvalue weighted by molar-refractivity contribution is 0.152. The number of allylic oxidation sites excluding steroid dienone is 1. The maximum atomic E-state index is 10.9. The summed E-state index contributed by atoms with van der Waals surface area (Å²) in [5, 5.41) is 0. The van der Waals surface area contributed by atoms with Crippen LogP contribution in [0.5, 0.6) is 0 Å². The van der Waals surface area contributed by atoms with Crippen LogP contribution in [-0.4, -0.2) is 24.3 Å². The third kappa shape index (κ3) is 1.93. The number of rotatable bonds is 0. The molecule has 1 amide bonds. The molecule has 1 aliphatic heterocycles. The van der Waals surface area contributed by atoms with Crippen LogP contribution in [-0.2, 0) is 4.74 Å². The van der Waals surface area contributed by atoms with E-state index in [4.69, 9.17) is 0 Å². The van der Waals surface area contributed by atoms with E-state index in [1.807, 2.05) is 0 Å². The zero-order chi connectivity index (χ0) is 8.10. The van der Waals surface area contributed by atoms with Gasteiger partial charge in [-0.25, -0.2) is 4.79 Å². The smallest absolute Gasteiger partial charge is 0.417 e. The summed E-state index contributed by atoms with van der Waals surface area (Å²) < 4.78 is 4.47. The van der Waals surface area contributed by atoms with Gasteiger partial charge in [0.15, 0.2) is 0 Å². The average molecular weight is 152 g/mol. The van der Waals surface area contributed by atoms with E-state index >= 15 is 0 Å². The summed E-state index contributed by atoms with van der Waals surface area (Å²) in [4.78, 5) is 16.0. The number of carbonyl (C=O) groups is 1. The van der Waals surface area contributed by atoms with Gasteiger partial charge < -0.3 is 4.74 Å². The molecule has 58 valence electrons. The fourth-order valence-electron chi connectivity index (χ4n) is 0.618. The van der Waals surface area contributed by atoms with E-state index in [1.54, 1.807) is 18.5 Å². The minimum absolute atomic E-state index is 0.428. The van der Waals surface area contributed by atoms with Gasteiger partial charge in [0.2, 0.25) is 0 Å². The summed E-state index contributed by atoms with van der Waals surface area (Å²) in [5.74, 6) is 0. The van der Waals surface area contributed by atoms with Gasteiger partial charge in [-0.1, -0.05) is 0 Å². The molecule has 0 radical (unpaired) electrons. The molecule has 0 atom stereocenters. The Labute approximate surface area is 64.5 Å². The van der Waals surface area contributed by atoms with Crippen LogP contribution in [0.1, 0.15) is 0 Å². The van der Waals surface area contributed by atoms with E-state index in [-0.39, 0.29) is 0 Å². The number of hydrogen-bond donors (Lipinski definition) is 0. The van der Waals surface area contributed by atoms with E-state index in [1.165, 1.54) is 24.4 Å². The predicted molar refractivity (Wildman–Crippen MR) is 41.0 cm³/mol. The maximum absolute atomic E-state index is 10.9. The molecule has 0 N–H and O–H groups in total. The highest BCUT2D eigenvalue weighted by molar-refractivity contribution is 5.76. The molecule has 0 saturated heterocycles.